The zero-order valence-corrected chi connectivity index (χ0v) is 13.3. The molecule has 1 atom stereocenters. The molecule has 1 saturated heterocycles. The van der Waals surface area contributed by atoms with Gasteiger partial charge in [-0.05, 0) is 32.2 Å². The van der Waals surface area contributed by atoms with E-state index in [9.17, 15) is 0 Å². The van der Waals surface area contributed by atoms with Crippen molar-refractivity contribution in [2.75, 3.05) is 58.4 Å². The molecule has 3 nitrogen and oxygen atoms in total. The van der Waals surface area contributed by atoms with Crippen molar-refractivity contribution in [2.45, 2.75) is 20.3 Å². The largest absolute Gasteiger partial charge is 0.381 e. The molecule has 0 bridgehead atoms. The average Bonchev–Trinajstić information content (AvgIpc) is 2.74. The molecule has 108 valence electrons. The maximum Gasteiger partial charge on any atom is 0.0547 e. The maximum atomic E-state index is 5.65. The summed E-state index contributed by atoms with van der Waals surface area (Å²) >= 11 is 1.92. The molecule has 0 radical (unpaired) electrons. The van der Waals surface area contributed by atoms with Gasteiger partial charge in [-0.15, -0.1) is 0 Å². The quantitative estimate of drug-likeness (QED) is 0.694. The van der Waals surface area contributed by atoms with Gasteiger partial charge in [0.25, 0.3) is 0 Å². The van der Waals surface area contributed by atoms with Gasteiger partial charge in [0.15, 0.2) is 0 Å². The highest BCUT2D eigenvalue weighted by atomic mass is 32.2. The molecule has 0 aromatic carbocycles. The Balaban J connectivity index is 2.37. The smallest absolute Gasteiger partial charge is 0.0547 e. The van der Waals surface area contributed by atoms with Gasteiger partial charge in [0.2, 0.25) is 0 Å². The Bertz CT molecular complexity index is 218. The van der Waals surface area contributed by atoms with Crippen molar-refractivity contribution < 1.29 is 4.74 Å². The minimum Gasteiger partial charge on any atom is -0.381 e. The standard InChI is InChI=1S/C14H30N2OS/c1-13(2)9-15-10-14(5-7-17-12-14)11-16(3)6-8-18-4/h13,15H,5-12H2,1-4H3. The summed E-state index contributed by atoms with van der Waals surface area (Å²) in [6, 6.07) is 0. The average molecular weight is 274 g/mol. The molecule has 1 aliphatic heterocycles. The molecule has 1 aliphatic rings. The molecule has 1 unspecified atom stereocenters. The minimum atomic E-state index is 0.335. The monoisotopic (exact) mass is 274 g/mol. The Hall–Kier alpha value is 0.230. The number of nitrogens with one attached hydrogen (secondary N) is 1. The van der Waals surface area contributed by atoms with Crippen LogP contribution < -0.4 is 5.32 Å². The van der Waals surface area contributed by atoms with Crippen LogP contribution in [0.2, 0.25) is 0 Å². The summed E-state index contributed by atoms with van der Waals surface area (Å²) in [5.74, 6) is 1.94. The first kappa shape index (κ1) is 16.3. The predicted octanol–water partition coefficient (Wildman–Crippen LogP) is 1.93. The fourth-order valence-electron chi connectivity index (χ4n) is 2.49. The molecule has 0 spiro atoms. The van der Waals surface area contributed by atoms with Crippen LogP contribution >= 0.6 is 11.8 Å². The van der Waals surface area contributed by atoms with E-state index in [-0.39, 0.29) is 0 Å². The summed E-state index contributed by atoms with van der Waals surface area (Å²) in [6.45, 7) is 10.9. The Kier molecular flexibility index (Phi) is 7.61. The molecule has 0 aliphatic carbocycles. The molecule has 4 heteroatoms. The van der Waals surface area contributed by atoms with Gasteiger partial charge in [-0.25, -0.2) is 0 Å². The van der Waals surface area contributed by atoms with Gasteiger partial charge in [0, 0.05) is 37.4 Å². The highest BCUT2D eigenvalue weighted by molar-refractivity contribution is 7.98. The Morgan fingerprint density at radius 2 is 2.22 bits per heavy atom. The summed E-state index contributed by atoms with van der Waals surface area (Å²) < 4.78 is 5.65. The Morgan fingerprint density at radius 3 is 2.78 bits per heavy atom. The van der Waals surface area contributed by atoms with Crippen molar-refractivity contribution in [3.05, 3.63) is 0 Å². The molecule has 18 heavy (non-hydrogen) atoms. The van der Waals surface area contributed by atoms with Crippen LogP contribution in [0.5, 0.6) is 0 Å². The number of rotatable bonds is 9. The van der Waals surface area contributed by atoms with Gasteiger partial charge in [0.1, 0.15) is 0 Å². The zero-order valence-electron chi connectivity index (χ0n) is 12.5. The van der Waals surface area contributed by atoms with Gasteiger partial charge in [-0.2, -0.15) is 11.8 Å². The molecule has 1 rings (SSSR count). The highest BCUT2D eigenvalue weighted by Crippen LogP contribution is 2.28. The van der Waals surface area contributed by atoms with E-state index in [0.717, 1.165) is 38.8 Å². The lowest BCUT2D eigenvalue weighted by Crippen LogP contribution is -2.44. The second-order valence-electron chi connectivity index (χ2n) is 6.06. The minimum absolute atomic E-state index is 0.335. The second kappa shape index (κ2) is 8.41. The fourth-order valence-corrected chi connectivity index (χ4v) is 2.99. The van der Waals surface area contributed by atoms with Crippen LogP contribution in [0.3, 0.4) is 0 Å². The third kappa shape index (κ3) is 5.91. The van der Waals surface area contributed by atoms with E-state index in [1.54, 1.807) is 0 Å². The first-order valence-corrected chi connectivity index (χ1v) is 8.43. The van der Waals surface area contributed by atoms with Crippen LogP contribution in [-0.2, 0) is 4.74 Å². The van der Waals surface area contributed by atoms with Crippen LogP contribution in [-0.4, -0.2) is 63.3 Å². The van der Waals surface area contributed by atoms with Crippen LogP contribution in [0, 0.1) is 11.3 Å². The van der Waals surface area contributed by atoms with E-state index in [0.29, 0.717) is 5.41 Å². The van der Waals surface area contributed by atoms with E-state index < -0.39 is 0 Å². The molecule has 1 heterocycles. The third-order valence-corrected chi connectivity index (χ3v) is 4.11. The van der Waals surface area contributed by atoms with Crippen molar-refractivity contribution >= 4 is 11.8 Å². The van der Waals surface area contributed by atoms with Crippen molar-refractivity contribution in [1.29, 1.82) is 0 Å². The van der Waals surface area contributed by atoms with Gasteiger partial charge in [-0.3, -0.25) is 0 Å². The molecule has 0 amide bonds. The van der Waals surface area contributed by atoms with E-state index in [2.05, 4.69) is 37.4 Å². The summed E-state index contributed by atoms with van der Waals surface area (Å²) in [6.07, 6.45) is 3.37. The lowest BCUT2D eigenvalue weighted by atomic mass is 9.86. The van der Waals surface area contributed by atoms with Crippen molar-refractivity contribution in [3.8, 4) is 0 Å². The third-order valence-electron chi connectivity index (χ3n) is 3.52. The van der Waals surface area contributed by atoms with Crippen LogP contribution in [0.4, 0.5) is 0 Å². The van der Waals surface area contributed by atoms with Crippen molar-refractivity contribution in [2.24, 2.45) is 11.3 Å². The molecule has 0 aromatic heterocycles. The molecule has 1 N–H and O–H groups in total. The molecular weight excluding hydrogens is 244 g/mol. The molecule has 0 saturated carbocycles. The number of thioether (sulfide) groups is 1. The first-order valence-electron chi connectivity index (χ1n) is 7.04. The van der Waals surface area contributed by atoms with Gasteiger partial charge >= 0.3 is 0 Å². The van der Waals surface area contributed by atoms with Crippen molar-refractivity contribution in [3.63, 3.8) is 0 Å². The van der Waals surface area contributed by atoms with Crippen LogP contribution in [0.1, 0.15) is 20.3 Å². The lowest BCUT2D eigenvalue weighted by Gasteiger charge is -2.32. The molecule has 0 aromatic rings. The zero-order chi connectivity index (χ0) is 13.4. The lowest BCUT2D eigenvalue weighted by molar-refractivity contribution is 0.120. The SMILES string of the molecule is CSCCN(C)CC1(CNCC(C)C)CCOC1. The maximum absolute atomic E-state index is 5.65. The van der Waals surface area contributed by atoms with E-state index in [4.69, 9.17) is 4.74 Å². The predicted molar refractivity (Wildman–Crippen MR) is 81.5 cm³/mol. The fraction of sp³-hybridized carbons (Fsp3) is 1.00. The number of nitrogens with zero attached hydrogens (tertiary/aromatic N) is 1. The van der Waals surface area contributed by atoms with E-state index in [1.807, 2.05) is 11.8 Å². The summed E-state index contributed by atoms with van der Waals surface area (Å²) in [5, 5.41) is 3.62. The van der Waals surface area contributed by atoms with Gasteiger partial charge in [-0.1, -0.05) is 13.8 Å². The summed E-state index contributed by atoms with van der Waals surface area (Å²) in [4.78, 5) is 2.46. The Labute approximate surface area is 117 Å². The topological polar surface area (TPSA) is 24.5 Å². The normalized spacial score (nSPS) is 24.3. The second-order valence-corrected chi connectivity index (χ2v) is 7.04. The Morgan fingerprint density at radius 1 is 1.44 bits per heavy atom. The van der Waals surface area contributed by atoms with Crippen LogP contribution in [0.25, 0.3) is 0 Å². The molecular formula is C14H30N2OS. The van der Waals surface area contributed by atoms with Gasteiger partial charge in [0.05, 0.1) is 6.61 Å². The van der Waals surface area contributed by atoms with Crippen molar-refractivity contribution in [1.82, 2.24) is 10.2 Å². The van der Waals surface area contributed by atoms with E-state index in [1.165, 1.54) is 18.7 Å². The molecule has 1 fully saturated rings. The number of hydrogen-bond donors (Lipinski definition) is 1. The highest BCUT2D eigenvalue weighted by Gasteiger charge is 2.35. The number of hydrogen-bond acceptors (Lipinski definition) is 4. The first-order chi connectivity index (χ1) is 8.58. The van der Waals surface area contributed by atoms with Gasteiger partial charge < -0.3 is 15.0 Å². The van der Waals surface area contributed by atoms with E-state index >= 15 is 0 Å². The summed E-state index contributed by atoms with van der Waals surface area (Å²) in [7, 11) is 2.23. The summed E-state index contributed by atoms with van der Waals surface area (Å²) in [5.41, 5.74) is 0.335. The van der Waals surface area contributed by atoms with Crippen LogP contribution in [0.15, 0.2) is 0 Å². The number of ether oxygens (including phenoxy) is 1.